The molecule has 6 nitrogen and oxygen atoms in total. The third-order valence-electron chi connectivity index (χ3n) is 5.61. The molecule has 15 heteroatoms. The van der Waals surface area contributed by atoms with E-state index in [1.54, 1.807) is 5.38 Å². The predicted octanol–water partition coefficient (Wildman–Crippen LogP) is 6.61. The van der Waals surface area contributed by atoms with Gasteiger partial charge in [-0.3, -0.25) is 9.52 Å². The molecule has 0 atom stereocenters. The SMILES string of the molecule is O=C(C=Cc1ccc(Sc2cccc(NS(=O)(=O)c3ccsc3)c2)c(C(F)(F)F)c1C(F)(F)F)N1CCOCC1. The summed E-state index contributed by atoms with van der Waals surface area (Å²) < 4.78 is 117. The number of carbonyl (C=O) groups excluding carboxylic acids is 1. The molecule has 1 N–H and O–H groups in total. The van der Waals surface area contributed by atoms with Crippen LogP contribution < -0.4 is 4.72 Å². The van der Waals surface area contributed by atoms with Crippen LogP contribution >= 0.6 is 23.1 Å². The number of sulfonamides is 1. The van der Waals surface area contributed by atoms with Crippen molar-refractivity contribution in [1.82, 2.24) is 4.90 Å². The molecule has 1 aliphatic rings. The molecule has 0 saturated carbocycles. The van der Waals surface area contributed by atoms with Crippen molar-refractivity contribution >= 4 is 50.8 Å². The lowest BCUT2D eigenvalue weighted by Gasteiger charge is -2.25. The smallest absolute Gasteiger partial charge is 0.378 e. The molecule has 40 heavy (non-hydrogen) atoms. The summed E-state index contributed by atoms with van der Waals surface area (Å²) in [5.74, 6) is -0.648. The van der Waals surface area contributed by atoms with E-state index in [2.05, 4.69) is 4.72 Å². The zero-order valence-electron chi connectivity index (χ0n) is 20.3. The van der Waals surface area contributed by atoms with Crippen LogP contribution in [0.3, 0.4) is 0 Å². The van der Waals surface area contributed by atoms with Crippen LogP contribution in [0, 0.1) is 0 Å². The summed E-state index contributed by atoms with van der Waals surface area (Å²) in [5.41, 5.74) is -4.63. The molecule has 1 amide bonds. The summed E-state index contributed by atoms with van der Waals surface area (Å²) in [6, 6.07) is 8.41. The Kier molecular flexibility index (Phi) is 8.87. The van der Waals surface area contributed by atoms with Gasteiger partial charge >= 0.3 is 12.4 Å². The fourth-order valence-electron chi connectivity index (χ4n) is 3.83. The molecule has 1 fully saturated rings. The van der Waals surface area contributed by atoms with E-state index in [4.69, 9.17) is 4.74 Å². The van der Waals surface area contributed by atoms with Crippen LogP contribution in [0.2, 0.25) is 0 Å². The summed E-state index contributed by atoms with van der Waals surface area (Å²) in [7, 11) is -3.97. The van der Waals surface area contributed by atoms with Crippen molar-refractivity contribution in [3.05, 3.63) is 76.0 Å². The summed E-state index contributed by atoms with van der Waals surface area (Å²) in [5, 5.41) is 2.94. The number of nitrogens with one attached hydrogen (secondary N) is 1. The maximum absolute atomic E-state index is 14.2. The number of nitrogens with zero attached hydrogens (tertiary/aromatic N) is 1. The molecular weight excluding hydrogens is 602 g/mol. The number of hydrogen-bond donors (Lipinski definition) is 1. The average molecular weight is 623 g/mol. The molecule has 1 aromatic heterocycles. The normalized spacial score (nSPS) is 15.0. The highest BCUT2D eigenvalue weighted by Gasteiger charge is 2.46. The Balaban J connectivity index is 1.69. The van der Waals surface area contributed by atoms with Gasteiger partial charge in [0.2, 0.25) is 5.91 Å². The number of amides is 1. The molecule has 214 valence electrons. The first-order valence-corrected chi connectivity index (χ1v) is 14.7. The van der Waals surface area contributed by atoms with Gasteiger partial charge in [0.1, 0.15) is 0 Å². The second-order valence-corrected chi connectivity index (χ2v) is 11.9. The van der Waals surface area contributed by atoms with E-state index in [-0.39, 0.29) is 41.8 Å². The summed E-state index contributed by atoms with van der Waals surface area (Å²) in [6.45, 7) is 0.907. The zero-order chi connectivity index (χ0) is 29.1. The van der Waals surface area contributed by atoms with Crippen molar-refractivity contribution in [1.29, 1.82) is 0 Å². The van der Waals surface area contributed by atoms with Gasteiger partial charge in [-0.1, -0.05) is 23.9 Å². The van der Waals surface area contributed by atoms with E-state index in [1.165, 1.54) is 40.6 Å². The highest BCUT2D eigenvalue weighted by Crippen LogP contribution is 2.48. The number of anilines is 1. The second kappa shape index (κ2) is 11.8. The molecule has 2 heterocycles. The molecule has 4 rings (SSSR count). The molecule has 0 aliphatic carbocycles. The first kappa shape index (κ1) is 30.0. The largest absolute Gasteiger partial charge is 0.418 e. The van der Waals surface area contributed by atoms with E-state index >= 15 is 0 Å². The van der Waals surface area contributed by atoms with E-state index < -0.39 is 49.9 Å². The van der Waals surface area contributed by atoms with Crippen LogP contribution in [0.15, 0.2) is 74.0 Å². The number of rotatable bonds is 7. The Bertz CT molecular complexity index is 1500. The van der Waals surface area contributed by atoms with Crippen LogP contribution in [0.5, 0.6) is 0 Å². The van der Waals surface area contributed by atoms with Gasteiger partial charge < -0.3 is 9.64 Å². The Labute approximate surface area is 233 Å². The third kappa shape index (κ3) is 7.19. The van der Waals surface area contributed by atoms with Gasteiger partial charge in [-0.2, -0.15) is 37.7 Å². The molecule has 0 radical (unpaired) electrons. The summed E-state index contributed by atoms with van der Waals surface area (Å²) >= 11 is 1.55. The van der Waals surface area contributed by atoms with E-state index in [0.29, 0.717) is 11.8 Å². The molecule has 1 saturated heterocycles. The van der Waals surface area contributed by atoms with Crippen molar-refractivity contribution in [2.24, 2.45) is 0 Å². The Morgan fingerprint density at radius 1 is 1.00 bits per heavy atom. The van der Waals surface area contributed by atoms with E-state index in [0.717, 1.165) is 35.6 Å². The van der Waals surface area contributed by atoms with Gasteiger partial charge in [-0.25, -0.2) is 8.42 Å². The van der Waals surface area contributed by atoms with Crippen LogP contribution in [0.25, 0.3) is 6.08 Å². The van der Waals surface area contributed by atoms with Crippen molar-refractivity contribution < 1.29 is 44.3 Å². The van der Waals surface area contributed by atoms with Crippen molar-refractivity contribution in [3.8, 4) is 0 Å². The molecule has 0 bridgehead atoms. The lowest BCUT2D eigenvalue weighted by Crippen LogP contribution is -2.39. The Morgan fingerprint density at radius 3 is 2.33 bits per heavy atom. The molecular formula is C25H20F6N2O4S3. The van der Waals surface area contributed by atoms with Gasteiger partial charge in [-0.15, -0.1) is 0 Å². The molecule has 2 aromatic carbocycles. The highest BCUT2D eigenvalue weighted by atomic mass is 32.2. The number of thiophene rings is 1. The minimum absolute atomic E-state index is 0.0134. The molecule has 1 aliphatic heterocycles. The fourth-order valence-corrected chi connectivity index (χ4v) is 6.95. The lowest BCUT2D eigenvalue weighted by molar-refractivity contribution is -0.163. The van der Waals surface area contributed by atoms with E-state index in [9.17, 15) is 39.6 Å². The Hall–Kier alpha value is -3.01. The topological polar surface area (TPSA) is 75.7 Å². The minimum Gasteiger partial charge on any atom is -0.378 e. The van der Waals surface area contributed by atoms with Gasteiger partial charge in [0.25, 0.3) is 10.0 Å². The summed E-state index contributed by atoms with van der Waals surface area (Å²) in [6.07, 6.45) is -9.26. The van der Waals surface area contributed by atoms with Gasteiger partial charge in [-0.05, 0) is 47.4 Å². The number of halogens is 6. The number of alkyl halides is 6. The number of benzene rings is 2. The van der Waals surface area contributed by atoms with Crippen LogP contribution in [-0.4, -0.2) is 45.5 Å². The third-order valence-corrected chi connectivity index (χ3v) is 8.88. The summed E-state index contributed by atoms with van der Waals surface area (Å²) in [4.78, 5) is 13.0. The first-order chi connectivity index (χ1) is 18.8. The van der Waals surface area contributed by atoms with Gasteiger partial charge in [0.15, 0.2) is 0 Å². The van der Waals surface area contributed by atoms with Crippen molar-refractivity contribution in [2.75, 3.05) is 31.0 Å². The fraction of sp³-hybridized carbons (Fsp3) is 0.240. The van der Waals surface area contributed by atoms with Gasteiger partial charge in [0, 0.05) is 40.0 Å². The van der Waals surface area contributed by atoms with Crippen molar-refractivity contribution in [2.45, 2.75) is 27.0 Å². The minimum atomic E-state index is -5.40. The maximum Gasteiger partial charge on any atom is 0.418 e. The average Bonchev–Trinajstić information content (AvgIpc) is 3.43. The standard InChI is InChI=1S/C25H20F6N2O4S3/c26-24(27,28)22-16(5-7-21(34)33-9-11-37-12-10-33)4-6-20(23(22)25(29,30)31)39-18-3-1-2-17(14-18)32-40(35,36)19-8-13-38-15-19/h1-8,13-15,32H,9-12H2. The lowest BCUT2D eigenvalue weighted by atomic mass is 9.99. The molecule has 3 aromatic rings. The quantitative estimate of drug-likeness (QED) is 0.237. The Morgan fingerprint density at radius 2 is 1.70 bits per heavy atom. The second-order valence-electron chi connectivity index (χ2n) is 8.36. The number of ether oxygens (including phenoxy) is 1. The molecule has 0 unspecified atom stereocenters. The van der Waals surface area contributed by atoms with E-state index in [1.807, 2.05) is 0 Å². The van der Waals surface area contributed by atoms with Crippen LogP contribution in [0.1, 0.15) is 16.7 Å². The van der Waals surface area contributed by atoms with Gasteiger partial charge in [0.05, 0.1) is 29.2 Å². The monoisotopic (exact) mass is 622 g/mol. The zero-order valence-corrected chi connectivity index (χ0v) is 22.7. The maximum atomic E-state index is 14.2. The van der Waals surface area contributed by atoms with Crippen molar-refractivity contribution in [3.63, 3.8) is 0 Å². The number of carbonyl (C=O) groups is 1. The predicted molar refractivity (Wildman–Crippen MR) is 139 cm³/mol. The van der Waals surface area contributed by atoms with Crippen LogP contribution in [-0.2, 0) is 31.9 Å². The highest BCUT2D eigenvalue weighted by molar-refractivity contribution is 7.99. The number of hydrogen-bond acceptors (Lipinski definition) is 6. The first-order valence-electron chi connectivity index (χ1n) is 11.4. The molecule has 0 spiro atoms. The number of morpholine rings is 1. The van der Waals surface area contributed by atoms with Crippen LogP contribution in [0.4, 0.5) is 32.0 Å².